The number of H-pyrrole nitrogens is 1. The first-order valence-electron chi connectivity index (χ1n) is 5.96. The molecule has 3 N–H and O–H groups in total. The van der Waals surface area contributed by atoms with E-state index < -0.39 is 43.8 Å². The van der Waals surface area contributed by atoms with Gasteiger partial charge in [0.05, 0.1) is 11.1 Å². The molecular formula is C13H9FN2O6S. The maximum Gasteiger partial charge on any atom is 0.376 e. The van der Waals surface area contributed by atoms with Crippen LogP contribution in [0.15, 0.2) is 46.3 Å². The Kier molecular flexibility index (Phi) is 4.27. The van der Waals surface area contributed by atoms with E-state index in [-0.39, 0.29) is 4.90 Å². The van der Waals surface area contributed by atoms with E-state index in [0.29, 0.717) is 6.08 Å². The number of aliphatic hydroxyl groups is 1. The van der Waals surface area contributed by atoms with Gasteiger partial charge in [0.15, 0.2) is 0 Å². The van der Waals surface area contributed by atoms with E-state index in [0.717, 1.165) is 30.5 Å². The van der Waals surface area contributed by atoms with Crippen LogP contribution in [0.3, 0.4) is 0 Å². The molecule has 0 saturated heterocycles. The molecule has 2 rings (SSSR count). The predicted molar refractivity (Wildman–Crippen MR) is 73.7 cm³/mol. The lowest BCUT2D eigenvalue weighted by Crippen LogP contribution is -2.10. The lowest BCUT2D eigenvalue weighted by molar-refractivity contribution is -0.146. The van der Waals surface area contributed by atoms with Crippen LogP contribution >= 0.6 is 0 Å². The van der Waals surface area contributed by atoms with Crippen molar-refractivity contribution in [2.45, 2.75) is 9.79 Å². The summed E-state index contributed by atoms with van der Waals surface area (Å²) in [5.41, 5.74) is -0.455. The van der Waals surface area contributed by atoms with Gasteiger partial charge in [0.2, 0.25) is 9.84 Å². The van der Waals surface area contributed by atoms with Crippen LogP contribution in [0.4, 0.5) is 4.39 Å². The summed E-state index contributed by atoms with van der Waals surface area (Å²) in [6.45, 7) is 0. The molecule has 120 valence electrons. The lowest BCUT2D eigenvalue weighted by Gasteiger charge is -2.05. The third-order valence-corrected chi connectivity index (χ3v) is 4.53. The standard InChI is InChI=1S/C13H9FN2O6S/c14-7-1-3-8(4-2-7)23(21,22)11-6-15-16-12(11)9(17)5-10(18)13(19)20/h1-6,17H,(H,15,16)(H,19,20). The Morgan fingerprint density at radius 2 is 1.78 bits per heavy atom. The van der Waals surface area contributed by atoms with E-state index in [4.69, 9.17) is 5.11 Å². The number of ketones is 1. The van der Waals surface area contributed by atoms with Crippen molar-refractivity contribution in [1.82, 2.24) is 10.2 Å². The molecule has 0 saturated carbocycles. The molecule has 1 aromatic carbocycles. The van der Waals surface area contributed by atoms with Gasteiger partial charge in [-0.25, -0.2) is 17.6 Å². The van der Waals surface area contributed by atoms with E-state index in [9.17, 15) is 27.5 Å². The average Bonchev–Trinajstić information content (AvgIpc) is 2.97. The quantitative estimate of drug-likeness (QED) is 0.319. The highest BCUT2D eigenvalue weighted by molar-refractivity contribution is 7.91. The normalized spacial score (nSPS) is 12.1. The van der Waals surface area contributed by atoms with E-state index in [1.165, 1.54) is 0 Å². The number of carbonyl (C=O) groups is 2. The molecule has 1 heterocycles. The molecule has 0 aliphatic rings. The van der Waals surface area contributed by atoms with Crippen LogP contribution < -0.4 is 0 Å². The monoisotopic (exact) mass is 340 g/mol. The summed E-state index contributed by atoms with van der Waals surface area (Å²) in [6.07, 6.45) is 1.23. The molecule has 8 nitrogen and oxygen atoms in total. The summed E-state index contributed by atoms with van der Waals surface area (Å²) in [6, 6.07) is 3.92. The van der Waals surface area contributed by atoms with Crippen LogP contribution in [-0.4, -0.2) is 40.6 Å². The zero-order valence-corrected chi connectivity index (χ0v) is 12.0. The number of aliphatic carboxylic acids is 1. The molecule has 0 aliphatic carbocycles. The van der Waals surface area contributed by atoms with Gasteiger partial charge in [0.25, 0.3) is 5.78 Å². The third kappa shape index (κ3) is 3.26. The van der Waals surface area contributed by atoms with Crippen molar-refractivity contribution in [2.24, 2.45) is 0 Å². The number of nitrogens with zero attached hydrogens (tertiary/aromatic N) is 1. The lowest BCUT2D eigenvalue weighted by atomic mass is 10.3. The van der Waals surface area contributed by atoms with Gasteiger partial charge in [-0.2, -0.15) is 5.10 Å². The number of aromatic amines is 1. The minimum absolute atomic E-state index is 0.265. The van der Waals surface area contributed by atoms with Gasteiger partial charge >= 0.3 is 5.97 Å². The molecule has 0 spiro atoms. The number of aromatic nitrogens is 2. The summed E-state index contributed by atoms with van der Waals surface area (Å²) in [5, 5.41) is 23.9. The molecule has 0 aliphatic heterocycles. The topological polar surface area (TPSA) is 137 Å². The molecule has 1 aromatic heterocycles. The second-order valence-corrected chi connectivity index (χ2v) is 6.18. The molecule has 0 atom stereocenters. The Morgan fingerprint density at radius 3 is 2.35 bits per heavy atom. The molecular weight excluding hydrogens is 331 g/mol. The summed E-state index contributed by atoms with van der Waals surface area (Å²) >= 11 is 0. The molecule has 0 fully saturated rings. The summed E-state index contributed by atoms with van der Waals surface area (Å²) < 4.78 is 37.7. The van der Waals surface area contributed by atoms with Gasteiger partial charge in [0.1, 0.15) is 22.2 Å². The highest BCUT2D eigenvalue weighted by Crippen LogP contribution is 2.26. The van der Waals surface area contributed by atoms with Crippen molar-refractivity contribution >= 4 is 27.3 Å². The Labute approximate surface area is 128 Å². The van der Waals surface area contributed by atoms with Crippen molar-refractivity contribution in [1.29, 1.82) is 0 Å². The highest BCUT2D eigenvalue weighted by atomic mass is 32.2. The molecule has 0 radical (unpaired) electrons. The van der Waals surface area contributed by atoms with Crippen LogP contribution in [0.1, 0.15) is 5.69 Å². The molecule has 23 heavy (non-hydrogen) atoms. The van der Waals surface area contributed by atoms with Crippen molar-refractivity contribution in [3.63, 3.8) is 0 Å². The van der Waals surface area contributed by atoms with Crippen LogP contribution in [0.5, 0.6) is 0 Å². The van der Waals surface area contributed by atoms with E-state index in [1.807, 2.05) is 0 Å². The number of aliphatic hydroxyl groups excluding tert-OH is 1. The third-order valence-electron chi connectivity index (χ3n) is 2.75. The predicted octanol–water partition coefficient (Wildman–Crippen LogP) is 0.934. The van der Waals surface area contributed by atoms with Crippen molar-refractivity contribution in [3.05, 3.63) is 48.0 Å². The van der Waals surface area contributed by atoms with Gasteiger partial charge in [-0.1, -0.05) is 0 Å². The number of rotatable bonds is 5. The fourth-order valence-corrected chi connectivity index (χ4v) is 3.02. The fourth-order valence-electron chi connectivity index (χ4n) is 1.66. The maximum absolute atomic E-state index is 12.9. The number of hydrogen-bond donors (Lipinski definition) is 3. The number of benzene rings is 1. The van der Waals surface area contributed by atoms with Crippen molar-refractivity contribution < 1.29 is 32.6 Å². The van der Waals surface area contributed by atoms with E-state index in [2.05, 4.69) is 10.2 Å². The summed E-state index contributed by atoms with van der Waals surface area (Å²) in [7, 11) is -4.16. The number of carboxylic acid groups (broad SMARTS) is 1. The highest BCUT2D eigenvalue weighted by Gasteiger charge is 2.25. The molecule has 0 amide bonds. The van der Waals surface area contributed by atoms with E-state index >= 15 is 0 Å². The Hall–Kier alpha value is -3.01. The number of carbonyl (C=O) groups excluding carboxylic acids is 1. The summed E-state index contributed by atoms with van der Waals surface area (Å²) in [5.74, 6) is -4.80. The van der Waals surface area contributed by atoms with Crippen molar-refractivity contribution in [3.8, 4) is 0 Å². The Bertz CT molecular complexity index is 899. The second kappa shape index (κ2) is 6.01. The first-order valence-corrected chi connectivity index (χ1v) is 7.44. The number of nitrogens with one attached hydrogen (secondary N) is 1. The zero-order chi connectivity index (χ0) is 17.2. The Balaban J connectivity index is 2.51. The molecule has 2 aromatic rings. The number of halogens is 1. The van der Waals surface area contributed by atoms with Gasteiger partial charge in [-0.05, 0) is 24.3 Å². The molecule has 0 unspecified atom stereocenters. The van der Waals surface area contributed by atoms with Crippen LogP contribution in [0.25, 0.3) is 5.76 Å². The number of carboxylic acids is 1. The molecule has 0 bridgehead atoms. The smallest absolute Gasteiger partial charge is 0.376 e. The van der Waals surface area contributed by atoms with Gasteiger partial charge < -0.3 is 10.2 Å². The second-order valence-electron chi connectivity index (χ2n) is 4.27. The van der Waals surface area contributed by atoms with Crippen LogP contribution in [0.2, 0.25) is 0 Å². The summed E-state index contributed by atoms with van der Waals surface area (Å²) in [4.78, 5) is 20.8. The minimum Gasteiger partial charge on any atom is -0.506 e. The average molecular weight is 340 g/mol. The van der Waals surface area contributed by atoms with Crippen LogP contribution in [0, 0.1) is 5.82 Å². The van der Waals surface area contributed by atoms with Gasteiger partial charge in [-0.3, -0.25) is 9.89 Å². The number of sulfone groups is 1. The van der Waals surface area contributed by atoms with Gasteiger partial charge in [-0.15, -0.1) is 0 Å². The largest absolute Gasteiger partial charge is 0.506 e. The van der Waals surface area contributed by atoms with E-state index in [1.54, 1.807) is 0 Å². The first-order chi connectivity index (χ1) is 10.7. The Morgan fingerprint density at radius 1 is 1.17 bits per heavy atom. The number of hydrogen-bond acceptors (Lipinski definition) is 6. The zero-order valence-electron chi connectivity index (χ0n) is 11.2. The van der Waals surface area contributed by atoms with Gasteiger partial charge in [0, 0.05) is 6.08 Å². The maximum atomic E-state index is 12.9. The van der Waals surface area contributed by atoms with Crippen molar-refractivity contribution in [2.75, 3.05) is 0 Å². The fraction of sp³-hybridized carbons (Fsp3) is 0. The van der Waals surface area contributed by atoms with Crippen LogP contribution in [-0.2, 0) is 19.4 Å². The first kappa shape index (κ1) is 16.4. The minimum atomic E-state index is -4.16. The molecule has 10 heteroatoms. The SMILES string of the molecule is O=C(O)C(=O)C=C(O)c1[nH]ncc1S(=O)(=O)c1ccc(F)cc1.